The number of nitrogens with one attached hydrogen (secondary N) is 1. The first-order chi connectivity index (χ1) is 10.6. The molecule has 0 aliphatic carbocycles. The van der Waals surface area contributed by atoms with Gasteiger partial charge in [0.1, 0.15) is 24.4 Å². The second-order valence-corrected chi connectivity index (χ2v) is 5.46. The molecule has 3 N–H and O–H groups in total. The second kappa shape index (κ2) is 6.31. The van der Waals surface area contributed by atoms with Crippen LogP contribution in [0.2, 0.25) is 0 Å². The number of aliphatic hydroxyl groups is 2. The Morgan fingerprint density at radius 2 is 1.95 bits per heavy atom. The van der Waals surface area contributed by atoms with Gasteiger partial charge in [-0.25, -0.2) is 0 Å². The van der Waals surface area contributed by atoms with E-state index in [1.54, 1.807) is 0 Å². The van der Waals surface area contributed by atoms with Crippen LogP contribution in [0.25, 0.3) is 0 Å². The van der Waals surface area contributed by atoms with Crippen molar-refractivity contribution < 1.29 is 29.2 Å². The number of rotatable bonds is 2. The largest absolute Gasteiger partial charge is 0.388 e. The molecule has 2 saturated heterocycles. The lowest BCUT2D eigenvalue weighted by Crippen LogP contribution is -2.66. The van der Waals surface area contributed by atoms with Crippen LogP contribution in [-0.2, 0) is 19.0 Å². The molecule has 0 spiro atoms. The maximum atomic E-state index is 11.2. The summed E-state index contributed by atoms with van der Waals surface area (Å²) in [5, 5.41) is 22.8. The third-order valence-corrected chi connectivity index (χ3v) is 3.83. The highest BCUT2D eigenvalue weighted by atomic mass is 16.7. The molecule has 2 fully saturated rings. The molecule has 1 aromatic rings. The Hall–Kier alpha value is -1.51. The molecule has 6 atom stereocenters. The highest BCUT2D eigenvalue weighted by Crippen LogP contribution is 2.33. The predicted molar refractivity (Wildman–Crippen MR) is 74.5 cm³/mol. The fourth-order valence-electron chi connectivity index (χ4n) is 2.78. The number of ether oxygens (including phenoxy) is 3. The minimum absolute atomic E-state index is 0.186. The molecule has 7 heteroatoms. The van der Waals surface area contributed by atoms with Crippen LogP contribution in [0.1, 0.15) is 18.8 Å². The molecule has 2 aliphatic rings. The van der Waals surface area contributed by atoms with E-state index in [-0.39, 0.29) is 12.5 Å². The zero-order valence-corrected chi connectivity index (χ0v) is 12.1. The van der Waals surface area contributed by atoms with E-state index in [0.717, 1.165) is 5.56 Å². The molecule has 120 valence electrons. The summed E-state index contributed by atoms with van der Waals surface area (Å²) in [7, 11) is 0. The number of carbonyl (C=O) groups is 1. The minimum atomic E-state index is -1.30. The van der Waals surface area contributed by atoms with Crippen LogP contribution in [0, 0.1) is 0 Å². The van der Waals surface area contributed by atoms with Gasteiger partial charge in [0.25, 0.3) is 0 Å². The Morgan fingerprint density at radius 3 is 2.64 bits per heavy atom. The first-order valence-corrected chi connectivity index (χ1v) is 7.17. The molecule has 7 nitrogen and oxygen atoms in total. The number of benzene rings is 1. The Bertz CT molecular complexity index is 524. The van der Waals surface area contributed by atoms with E-state index >= 15 is 0 Å². The highest BCUT2D eigenvalue weighted by Gasteiger charge is 2.49. The highest BCUT2D eigenvalue weighted by molar-refractivity contribution is 5.73. The molecule has 6 unspecified atom stereocenters. The van der Waals surface area contributed by atoms with E-state index in [0.29, 0.717) is 0 Å². The Kier molecular flexibility index (Phi) is 4.42. The zero-order chi connectivity index (χ0) is 15.7. The lowest BCUT2D eigenvalue weighted by molar-refractivity contribution is -0.337. The van der Waals surface area contributed by atoms with Crippen molar-refractivity contribution in [1.29, 1.82) is 0 Å². The Labute approximate surface area is 127 Å². The second-order valence-electron chi connectivity index (χ2n) is 5.46. The summed E-state index contributed by atoms with van der Waals surface area (Å²) in [6.07, 6.45) is -4.29. The lowest BCUT2D eigenvalue weighted by atomic mass is 9.96. The molecular weight excluding hydrogens is 290 g/mol. The smallest absolute Gasteiger partial charge is 0.217 e. The first kappa shape index (κ1) is 15.4. The summed E-state index contributed by atoms with van der Waals surface area (Å²) in [4.78, 5) is 11.2. The van der Waals surface area contributed by atoms with Gasteiger partial charge in [-0.3, -0.25) is 4.79 Å². The fourth-order valence-corrected chi connectivity index (χ4v) is 2.78. The average molecular weight is 309 g/mol. The van der Waals surface area contributed by atoms with Crippen LogP contribution in [0.5, 0.6) is 0 Å². The standard InChI is InChI=1S/C15H19NO6/c1-8(17)16-11-12(18)13-10(21-14(11)19)7-20-15(22-13)9-5-3-2-4-6-9/h2-6,10-15,18-19H,7H2,1H3,(H,16,17). The van der Waals surface area contributed by atoms with Gasteiger partial charge in [0.05, 0.1) is 6.61 Å². The van der Waals surface area contributed by atoms with Crippen LogP contribution in [-0.4, -0.2) is 53.4 Å². The fraction of sp³-hybridized carbons (Fsp3) is 0.533. The average Bonchev–Trinajstić information content (AvgIpc) is 2.52. The summed E-state index contributed by atoms with van der Waals surface area (Å²) in [6, 6.07) is 8.41. The number of amides is 1. The van der Waals surface area contributed by atoms with Crippen molar-refractivity contribution in [1.82, 2.24) is 5.32 Å². The van der Waals surface area contributed by atoms with Crippen molar-refractivity contribution in [3.05, 3.63) is 35.9 Å². The molecule has 2 heterocycles. The van der Waals surface area contributed by atoms with Crippen LogP contribution in [0.4, 0.5) is 0 Å². The number of hydrogen-bond acceptors (Lipinski definition) is 6. The van der Waals surface area contributed by atoms with E-state index < -0.39 is 36.9 Å². The van der Waals surface area contributed by atoms with E-state index in [1.807, 2.05) is 30.3 Å². The van der Waals surface area contributed by atoms with Crippen molar-refractivity contribution in [2.24, 2.45) is 0 Å². The van der Waals surface area contributed by atoms with Gasteiger partial charge in [-0.1, -0.05) is 30.3 Å². The van der Waals surface area contributed by atoms with Crippen molar-refractivity contribution in [2.45, 2.75) is 43.9 Å². The molecule has 0 aromatic heterocycles. The Balaban J connectivity index is 1.75. The molecule has 22 heavy (non-hydrogen) atoms. The minimum Gasteiger partial charge on any atom is -0.388 e. The van der Waals surface area contributed by atoms with Crippen molar-refractivity contribution in [2.75, 3.05) is 6.61 Å². The van der Waals surface area contributed by atoms with Gasteiger partial charge in [-0.2, -0.15) is 0 Å². The quantitative estimate of drug-likeness (QED) is 0.693. The maximum Gasteiger partial charge on any atom is 0.217 e. The zero-order valence-electron chi connectivity index (χ0n) is 12.1. The molecular formula is C15H19NO6. The Morgan fingerprint density at radius 1 is 1.23 bits per heavy atom. The lowest BCUT2D eigenvalue weighted by Gasteiger charge is -2.46. The summed E-state index contributed by atoms with van der Waals surface area (Å²) < 4.78 is 16.8. The third kappa shape index (κ3) is 2.99. The molecule has 1 amide bonds. The van der Waals surface area contributed by atoms with E-state index in [1.165, 1.54) is 6.92 Å². The van der Waals surface area contributed by atoms with Crippen LogP contribution >= 0.6 is 0 Å². The first-order valence-electron chi connectivity index (χ1n) is 7.17. The topological polar surface area (TPSA) is 97.3 Å². The van der Waals surface area contributed by atoms with Gasteiger partial charge in [0.15, 0.2) is 12.6 Å². The summed E-state index contributed by atoms with van der Waals surface area (Å²) in [5.74, 6) is -0.364. The molecule has 1 aromatic carbocycles. The monoisotopic (exact) mass is 309 g/mol. The van der Waals surface area contributed by atoms with Gasteiger partial charge in [-0.05, 0) is 0 Å². The molecule has 0 saturated carbocycles. The van der Waals surface area contributed by atoms with E-state index in [4.69, 9.17) is 14.2 Å². The summed E-state index contributed by atoms with van der Waals surface area (Å²) in [6.45, 7) is 1.49. The number of carbonyl (C=O) groups excluding carboxylic acids is 1. The SMILES string of the molecule is CC(=O)NC1C(O)OC2COC(c3ccccc3)OC2C1O. The molecule has 3 rings (SSSR count). The molecule has 0 bridgehead atoms. The molecule has 2 aliphatic heterocycles. The predicted octanol–water partition coefficient (Wildman–Crippen LogP) is -0.317. The summed E-state index contributed by atoms with van der Waals surface area (Å²) in [5.41, 5.74) is 0.829. The normalized spacial score (nSPS) is 38.1. The van der Waals surface area contributed by atoms with Crippen molar-refractivity contribution >= 4 is 5.91 Å². The number of aliphatic hydroxyl groups excluding tert-OH is 2. The van der Waals surface area contributed by atoms with Crippen LogP contribution in [0.3, 0.4) is 0 Å². The number of fused-ring (bicyclic) bond motifs is 1. The van der Waals surface area contributed by atoms with Gasteiger partial charge in [0.2, 0.25) is 5.91 Å². The van der Waals surface area contributed by atoms with Gasteiger partial charge in [0, 0.05) is 12.5 Å². The maximum absolute atomic E-state index is 11.2. The molecule has 0 radical (unpaired) electrons. The van der Waals surface area contributed by atoms with Gasteiger partial charge in [-0.15, -0.1) is 0 Å². The van der Waals surface area contributed by atoms with E-state index in [2.05, 4.69) is 5.32 Å². The van der Waals surface area contributed by atoms with Gasteiger partial charge < -0.3 is 29.7 Å². The van der Waals surface area contributed by atoms with Gasteiger partial charge >= 0.3 is 0 Å². The third-order valence-electron chi connectivity index (χ3n) is 3.83. The van der Waals surface area contributed by atoms with Crippen molar-refractivity contribution in [3.63, 3.8) is 0 Å². The van der Waals surface area contributed by atoms with Crippen LogP contribution < -0.4 is 5.32 Å². The van der Waals surface area contributed by atoms with E-state index in [9.17, 15) is 15.0 Å². The van der Waals surface area contributed by atoms with Crippen molar-refractivity contribution in [3.8, 4) is 0 Å². The van der Waals surface area contributed by atoms with Crippen LogP contribution in [0.15, 0.2) is 30.3 Å². The number of hydrogen-bond donors (Lipinski definition) is 3. The summed E-state index contributed by atoms with van der Waals surface area (Å²) >= 11 is 0.